The summed E-state index contributed by atoms with van der Waals surface area (Å²) in [6.45, 7) is 3.82. The molecule has 0 aliphatic heterocycles. The van der Waals surface area contributed by atoms with E-state index in [-0.39, 0.29) is 34.9 Å². The molecule has 4 heterocycles. The second-order valence-electron chi connectivity index (χ2n) is 11.5. The lowest BCUT2D eigenvalue weighted by Gasteiger charge is -2.28. The zero-order valence-corrected chi connectivity index (χ0v) is 28.8. The van der Waals surface area contributed by atoms with Crippen molar-refractivity contribution in [1.29, 1.82) is 0 Å². The summed E-state index contributed by atoms with van der Waals surface area (Å²) in [5.74, 6) is -7.53. The molecule has 5 rings (SSSR count). The highest BCUT2D eigenvalue weighted by Gasteiger charge is 2.41. The standard InChI is InChI=1S/C32H33F2N7O10S/c1-4-48-20-7-5-19(6-8-20)41-13-22(26(39-41)25-21(33)9-10-24(34)38-25)36-29(44)23-14-52-30(37-23)18-11-35-40(12-18)15-49-32(47)28(51-17(3)43)27(31(45)46)50-16(2)42/h9-14,19-20,27-28H,4-8,15H2,1-3H3,(H,36,44)(H,45,46)/t19-,20-,27-,28-/m1/s1. The van der Waals surface area contributed by atoms with Gasteiger partial charge in [-0.25, -0.2) is 28.6 Å². The molecule has 0 bridgehead atoms. The first-order chi connectivity index (χ1) is 24.8. The van der Waals surface area contributed by atoms with Gasteiger partial charge in [0.2, 0.25) is 18.2 Å². The van der Waals surface area contributed by atoms with E-state index in [1.807, 2.05) is 6.92 Å². The summed E-state index contributed by atoms with van der Waals surface area (Å²) >= 11 is 1.08. The maximum absolute atomic E-state index is 14.9. The van der Waals surface area contributed by atoms with Gasteiger partial charge in [-0.05, 0) is 44.7 Å². The molecule has 0 unspecified atom stereocenters. The van der Waals surface area contributed by atoms with Gasteiger partial charge in [0.05, 0.1) is 24.0 Å². The van der Waals surface area contributed by atoms with E-state index in [1.54, 1.807) is 10.9 Å². The third kappa shape index (κ3) is 9.18. The number of ether oxygens (including phenoxy) is 4. The van der Waals surface area contributed by atoms with Crippen LogP contribution in [-0.2, 0) is 44.9 Å². The number of hydrogen-bond donors (Lipinski definition) is 2. The summed E-state index contributed by atoms with van der Waals surface area (Å²) in [5, 5.41) is 22.5. The number of aromatic nitrogens is 6. The van der Waals surface area contributed by atoms with Gasteiger partial charge in [-0.2, -0.15) is 14.6 Å². The Labute approximate surface area is 297 Å². The van der Waals surface area contributed by atoms with Gasteiger partial charge in [-0.3, -0.25) is 19.1 Å². The third-order valence-electron chi connectivity index (χ3n) is 7.73. The minimum absolute atomic E-state index is 0.0165. The molecule has 0 saturated heterocycles. The number of aliphatic carboxylic acids is 1. The molecule has 0 spiro atoms. The smallest absolute Gasteiger partial charge is 0.353 e. The number of amides is 1. The summed E-state index contributed by atoms with van der Waals surface area (Å²) in [6.07, 6.45) is 3.24. The number of thiazole rings is 1. The van der Waals surface area contributed by atoms with Crippen molar-refractivity contribution in [3.05, 3.63) is 53.6 Å². The zero-order valence-electron chi connectivity index (χ0n) is 28.0. The van der Waals surface area contributed by atoms with Crippen LogP contribution in [0.15, 0.2) is 36.1 Å². The maximum atomic E-state index is 14.9. The van der Waals surface area contributed by atoms with Gasteiger partial charge >= 0.3 is 23.9 Å². The monoisotopic (exact) mass is 745 g/mol. The molecule has 2 N–H and O–H groups in total. The Morgan fingerprint density at radius 1 is 1.00 bits per heavy atom. The number of hydrogen-bond acceptors (Lipinski definition) is 14. The highest BCUT2D eigenvalue weighted by Crippen LogP contribution is 2.35. The van der Waals surface area contributed by atoms with Crippen LogP contribution in [0.5, 0.6) is 0 Å². The first kappa shape index (κ1) is 37.6. The number of nitrogens with zero attached hydrogens (tertiary/aromatic N) is 6. The number of anilines is 1. The van der Waals surface area contributed by atoms with Crippen LogP contribution in [0.4, 0.5) is 14.5 Å². The van der Waals surface area contributed by atoms with Crippen molar-refractivity contribution in [2.45, 2.75) is 77.5 Å². The van der Waals surface area contributed by atoms with Gasteiger partial charge < -0.3 is 29.4 Å². The van der Waals surface area contributed by atoms with Crippen LogP contribution in [0.25, 0.3) is 22.0 Å². The largest absolute Gasteiger partial charge is 0.478 e. The number of nitrogens with one attached hydrogen (secondary N) is 1. The molecule has 0 radical (unpaired) electrons. The van der Waals surface area contributed by atoms with Crippen molar-refractivity contribution >= 4 is 46.8 Å². The van der Waals surface area contributed by atoms with Crippen LogP contribution in [-0.4, -0.2) is 89.3 Å². The fourth-order valence-corrected chi connectivity index (χ4v) is 6.20. The van der Waals surface area contributed by atoms with Gasteiger partial charge in [-0.15, -0.1) is 11.3 Å². The van der Waals surface area contributed by atoms with Gasteiger partial charge in [0, 0.05) is 43.8 Å². The summed E-state index contributed by atoms with van der Waals surface area (Å²) in [6, 6.07) is 1.74. The number of esters is 3. The molecule has 20 heteroatoms. The molecule has 1 amide bonds. The van der Waals surface area contributed by atoms with E-state index in [9.17, 15) is 37.9 Å². The number of carbonyl (C=O) groups excluding carboxylic acids is 4. The van der Waals surface area contributed by atoms with Crippen molar-refractivity contribution < 1.29 is 56.8 Å². The van der Waals surface area contributed by atoms with Gasteiger partial charge in [-0.1, -0.05) is 0 Å². The van der Waals surface area contributed by atoms with E-state index in [4.69, 9.17) is 14.2 Å². The molecule has 2 atom stereocenters. The fraction of sp³-hybridized carbons (Fsp3) is 0.406. The number of halogens is 2. The molecule has 17 nitrogen and oxygen atoms in total. The second kappa shape index (κ2) is 16.6. The minimum atomic E-state index is -2.16. The number of carboxylic acid groups (broad SMARTS) is 1. The van der Waals surface area contributed by atoms with E-state index in [1.165, 1.54) is 17.8 Å². The number of carboxylic acids is 1. The molecule has 0 aromatic carbocycles. The Balaban J connectivity index is 1.29. The Morgan fingerprint density at radius 2 is 1.71 bits per heavy atom. The second-order valence-corrected chi connectivity index (χ2v) is 12.3. The average Bonchev–Trinajstić information content (AvgIpc) is 3.87. The molecule has 1 saturated carbocycles. The topological polar surface area (TPSA) is 216 Å². The molecular formula is C32H33F2N7O10S. The molecular weight excluding hydrogens is 712 g/mol. The van der Waals surface area contributed by atoms with E-state index in [2.05, 4.69) is 30.2 Å². The van der Waals surface area contributed by atoms with Crippen LogP contribution in [0.3, 0.4) is 0 Å². The Hall–Kier alpha value is -5.63. The minimum Gasteiger partial charge on any atom is -0.478 e. The Kier molecular flexibility index (Phi) is 12.0. The molecule has 276 valence electrons. The number of carbonyl (C=O) groups is 5. The lowest BCUT2D eigenvalue weighted by atomic mass is 9.93. The van der Waals surface area contributed by atoms with E-state index >= 15 is 0 Å². The van der Waals surface area contributed by atoms with Crippen LogP contribution in [0.1, 0.15) is 63.0 Å². The van der Waals surface area contributed by atoms with Crippen molar-refractivity contribution in [1.82, 2.24) is 29.5 Å². The number of rotatable bonds is 14. The summed E-state index contributed by atoms with van der Waals surface area (Å²) in [5.41, 5.74) is 0.0681. The highest BCUT2D eigenvalue weighted by molar-refractivity contribution is 7.13. The maximum Gasteiger partial charge on any atom is 0.353 e. The summed E-state index contributed by atoms with van der Waals surface area (Å²) < 4.78 is 51.9. The Morgan fingerprint density at radius 3 is 2.38 bits per heavy atom. The van der Waals surface area contributed by atoms with Crippen LogP contribution in [0, 0.1) is 11.8 Å². The lowest BCUT2D eigenvalue weighted by Crippen LogP contribution is -2.46. The average molecular weight is 746 g/mol. The first-order valence-corrected chi connectivity index (χ1v) is 16.8. The van der Waals surface area contributed by atoms with Crippen molar-refractivity contribution in [2.24, 2.45) is 0 Å². The highest BCUT2D eigenvalue weighted by atomic mass is 32.1. The van der Waals surface area contributed by atoms with Gasteiger partial charge in [0.15, 0.2) is 12.5 Å². The molecule has 1 aliphatic carbocycles. The molecule has 1 fully saturated rings. The van der Waals surface area contributed by atoms with Crippen molar-refractivity contribution in [3.63, 3.8) is 0 Å². The van der Waals surface area contributed by atoms with Crippen molar-refractivity contribution in [2.75, 3.05) is 11.9 Å². The quantitative estimate of drug-likeness (QED) is 0.107. The van der Waals surface area contributed by atoms with Gasteiger partial charge in [0.25, 0.3) is 5.91 Å². The van der Waals surface area contributed by atoms with Gasteiger partial charge in [0.1, 0.15) is 22.1 Å². The number of pyridine rings is 1. The molecule has 52 heavy (non-hydrogen) atoms. The SMILES string of the molecule is CCO[C@H]1CC[C@H](n2cc(NC(=O)c3csc(-c4cnn(COC(=O)[C@H](OC(C)=O)[C@@H](OC(C)=O)C(=O)O)c4)n3)c(-c3nc(F)ccc3F)n2)CC1. The predicted molar refractivity (Wildman–Crippen MR) is 174 cm³/mol. The van der Waals surface area contributed by atoms with Crippen LogP contribution < -0.4 is 5.32 Å². The van der Waals surface area contributed by atoms with E-state index in [0.29, 0.717) is 17.2 Å². The molecule has 4 aromatic rings. The lowest BCUT2D eigenvalue weighted by molar-refractivity contribution is -0.190. The third-order valence-corrected chi connectivity index (χ3v) is 8.62. The molecule has 1 aliphatic rings. The van der Waals surface area contributed by atoms with E-state index in [0.717, 1.165) is 67.7 Å². The van der Waals surface area contributed by atoms with Crippen molar-refractivity contribution in [3.8, 4) is 22.0 Å². The summed E-state index contributed by atoms with van der Waals surface area (Å²) in [4.78, 5) is 68.5. The molecule has 4 aromatic heterocycles. The Bertz CT molecular complexity index is 1960. The van der Waals surface area contributed by atoms with Crippen LogP contribution in [0.2, 0.25) is 0 Å². The predicted octanol–water partition coefficient (Wildman–Crippen LogP) is 3.76. The summed E-state index contributed by atoms with van der Waals surface area (Å²) in [7, 11) is 0. The van der Waals surface area contributed by atoms with E-state index < -0.39 is 60.5 Å². The van der Waals surface area contributed by atoms with Crippen LogP contribution >= 0.6 is 11.3 Å². The zero-order chi connectivity index (χ0) is 37.5. The first-order valence-electron chi connectivity index (χ1n) is 15.9. The normalized spacial score (nSPS) is 16.8. The fourth-order valence-electron chi connectivity index (χ4n) is 5.43.